The maximum atomic E-state index is 13.2. The van der Waals surface area contributed by atoms with E-state index in [9.17, 15) is 26.3 Å². The first-order valence-electron chi connectivity index (χ1n) is 6.88. The molecule has 0 N–H and O–H groups in total. The van der Waals surface area contributed by atoms with Crippen molar-refractivity contribution in [2.75, 3.05) is 0 Å². The first-order chi connectivity index (χ1) is 11.2. The zero-order valence-electron chi connectivity index (χ0n) is 11.9. The Morgan fingerprint density at radius 3 is 2.21 bits per heavy atom. The predicted octanol–water partition coefficient (Wildman–Crippen LogP) is 5.87. The van der Waals surface area contributed by atoms with Gasteiger partial charge in [-0.2, -0.15) is 26.3 Å². The summed E-state index contributed by atoms with van der Waals surface area (Å²) in [5.74, 6) is 0.373. The number of hydrogen-bond donors (Lipinski definition) is 0. The van der Waals surface area contributed by atoms with Crippen LogP contribution in [0.4, 0.5) is 26.3 Å². The molecule has 0 amide bonds. The fourth-order valence-corrected chi connectivity index (χ4v) is 2.49. The molecule has 0 spiro atoms. The Kier molecular flexibility index (Phi) is 3.81. The number of para-hydroxylation sites is 1. The largest absolute Gasteiger partial charge is 0.481 e. The molecule has 2 aromatic rings. The Labute approximate surface area is 133 Å². The topological polar surface area (TPSA) is 9.23 Å². The molecule has 0 radical (unpaired) electrons. The maximum Gasteiger partial charge on any atom is 0.416 e. The highest BCUT2D eigenvalue weighted by molar-refractivity contribution is 5.61. The molecule has 1 heterocycles. The molecule has 0 aliphatic carbocycles. The van der Waals surface area contributed by atoms with Gasteiger partial charge in [-0.05, 0) is 24.3 Å². The molecule has 0 saturated carbocycles. The molecule has 7 heteroatoms. The van der Waals surface area contributed by atoms with Crippen LogP contribution in [0.3, 0.4) is 0 Å². The molecule has 1 unspecified atom stereocenters. The van der Waals surface area contributed by atoms with E-state index in [0.29, 0.717) is 17.4 Å². The molecule has 1 aliphatic heterocycles. The lowest BCUT2D eigenvalue weighted by atomic mass is 9.96. The van der Waals surface area contributed by atoms with Crippen LogP contribution in [0, 0.1) is 0 Å². The smallest absolute Gasteiger partial charge is 0.416 e. The monoisotopic (exact) mass is 344 g/mol. The van der Waals surface area contributed by atoms with Gasteiger partial charge >= 0.3 is 12.4 Å². The maximum absolute atomic E-state index is 13.2. The van der Waals surface area contributed by atoms with E-state index in [1.165, 1.54) is 6.08 Å². The average molecular weight is 344 g/mol. The van der Waals surface area contributed by atoms with Crippen LogP contribution in [0.25, 0.3) is 6.08 Å². The van der Waals surface area contributed by atoms with Gasteiger partial charge in [-0.25, -0.2) is 0 Å². The minimum absolute atomic E-state index is 0.118. The zero-order valence-corrected chi connectivity index (χ0v) is 11.9. The Hall–Kier alpha value is -2.44. The normalized spacial score (nSPS) is 17.3. The zero-order chi connectivity index (χ0) is 17.5. The van der Waals surface area contributed by atoms with Crippen molar-refractivity contribution < 1.29 is 31.1 Å². The van der Waals surface area contributed by atoms with Gasteiger partial charge in [-0.1, -0.05) is 30.3 Å². The van der Waals surface area contributed by atoms with Crippen LogP contribution in [0.5, 0.6) is 5.75 Å². The van der Waals surface area contributed by atoms with Gasteiger partial charge in [0, 0.05) is 11.1 Å². The second-order valence-corrected chi connectivity index (χ2v) is 5.23. The predicted molar refractivity (Wildman–Crippen MR) is 75.3 cm³/mol. The third-order valence-corrected chi connectivity index (χ3v) is 3.62. The highest BCUT2D eigenvalue weighted by Crippen LogP contribution is 2.42. The number of hydrogen-bond acceptors (Lipinski definition) is 1. The number of halogens is 6. The molecule has 1 aliphatic rings. The van der Waals surface area contributed by atoms with E-state index in [2.05, 4.69) is 0 Å². The molecule has 1 nitrogen and oxygen atoms in total. The van der Waals surface area contributed by atoms with Crippen LogP contribution in [-0.4, -0.2) is 0 Å². The summed E-state index contributed by atoms with van der Waals surface area (Å²) in [4.78, 5) is 0. The molecule has 1 atom stereocenters. The van der Waals surface area contributed by atoms with Crippen molar-refractivity contribution in [3.63, 3.8) is 0 Å². The van der Waals surface area contributed by atoms with Gasteiger partial charge in [0.1, 0.15) is 11.9 Å². The molecule has 0 fully saturated rings. The van der Waals surface area contributed by atoms with E-state index in [-0.39, 0.29) is 11.6 Å². The van der Waals surface area contributed by atoms with E-state index in [0.717, 1.165) is 6.07 Å². The average Bonchev–Trinajstić information content (AvgIpc) is 2.52. The fourth-order valence-electron chi connectivity index (χ4n) is 2.49. The second kappa shape index (κ2) is 5.58. The van der Waals surface area contributed by atoms with Crippen LogP contribution in [0.1, 0.15) is 28.4 Å². The number of ether oxygens (including phenoxy) is 1. The molecular formula is C17H10F6O. The number of alkyl halides is 6. The van der Waals surface area contributed by atoms with Crippen LogP contribution in [0.15, 0.2) is 48.5 Å². The summed E-state index contributed by atoms with van der Waals surface area (Å²) in [6.45, 7) is 0. The number of rotatable bonds is 1. The first kappa shape index (κ1) is 16.4. The van der Waals surface area contributed by atoms with E-state index >= 15 is 0 Å². The van der Waals surface area contributed by atoms with Crippen molar-refractivity contribution in [2.24, 2.45) is 0 Å². The number of fused-ring (bicyclic) bond motifs is 1. The molecule has 0 bridgehead atoms. The molecule has 0 saturated heterocycles. The van der Waals surface area contributed by atoms with Crippen LogP contribution in [-0.2, 0) is 12.4 Å². The molecule has 126 valence electrons. The summed E-state index contributed by atoms with van der Waals surface area (Å²) in [5.41, 5.74) is -2.37. The lowest BCUT2D eigenvalue weighted by molar-refractivity contribution is -0.143. The number of benzene rings is 2. The van der Waals surface area contributed by atoms with E-state index in [4.69, 9.17) is 4.74 Å². The SMILES string of the molecule is FC(F)(F)c1ccc(C2C=Cc3ccccc3O2)c(C(F)(F)F)c1. The van der Waals surface area contributed by atoms with Gasteiger partial charge in [-0.3, -0.25) is 0 Å². The molecule has 2 aromatic carbocycles. The van der Waals surface area contributed by atoms with Gasteiger partial charge in [0.25, 0.3) is 0 Å². The fraction of sp³-hybridized carbons (Fsp3) is 0.176. The highest BCUT2D eigenvalue weighted by Gasteiger charge is 2.39. The second-order valence-electron chi connectivity index (χ2n) is 5.23. The summed E-state index contributed by atoms with van der Waals surface area (Å²) in [5, 5.41) is 0. The van der Waals surface area contributed by atoms with E-state index in [1.54, 1.807) is 30.3 Å². The summed E-state index contributed by atoms with van der Waals surface area (Å²) in [7, 11) is 0. The summed E-state index contributed by atoms with van der Waals surface area (Å²) in [6, 6.07) is 8.27. The van der Waals surface area contributed by atoms with Gasteiger partial charge in [-0.15, -0.1) is 0 Å². The lowest BCUT2D eigenvalue weighted by Gasteiger charge is -2.25. The van der Waals surface area contributed by atoms with Crippen LogP contribution >= 0.6 is 0 Å². The van der Waals surface area contributed by atoms with Gasteiger partial charge in [0.05, 0.1) is 11.1 Å². The van der Waals surface area contributed by atoms with Crippen molar-refractivity contribution in [3.8, 4) is 5.75 Å². The summed E-state index contributed by atoms with van der Waals surface area (Å²) >= 11 is 0. The Morgan fingerprint density at radius 1 is 0.833 bits per heavy atom. The first-order valence-corrected chi connectivity index (χ1v) is 6.88. The summed E-state index contributed by atoms with van der Waals surface area (Å²) in [6.07, 6.45) is -7.92. The van der Waals surface area contributed by atoms with Crippen molar-refractivity contribution in [1.29, 1.82) is 0 Å². The quantitative estimate of drug-likeness (QED) is 0.588. The molecule has 24 heavy (non-hydrogen) atoms. The minimum Gasteiger partial charge on any atom is -0.481 e. The third-order valence-electron chi connectivity index (χ3n) is 3.62. The van der Waals surface area contributed by atoms with Gasteiger partial charge in [0.15, 0.2) is 0 Å². The Morgan fingerprint density at radius 2 is 1.54 bits per heavy atom. The Bertz CT molecular complexity index is 788. The third kappa shape index (κ3) is 3.11. The standard InChI is InChI=1S/C17H10F6O/c18-16(19,20)11-6-7-12(13(9-11)17(21,22)23)15-8-5-10-3-1-2-4-14(10)24-15/h1-9,15H. The van der Waals surface area contributed by atoms with Crippen molar-refractivity contribution in [3.05, 3.63) is 70.8 Å². The van der Waals surface area contributed by atoms with Crippen molar-refractivity contribution in [2.45, 2.75) is 18.5 Å². The molecule has 3 rings (SSSR count). The molecule has 0 aromatic heterocycles. The van der Waals surface area contributed by atoms with E-state index in [1.807, 2.05) is 0 Å². The minimum atomic E-state index is -4.93. The van der Waals surface area contributed by atoms with Gasteiger partial charge in [0.2, 0.25) is 0 Å². The molecular weight excluding hydrogens is 334 g/mol. The van der Waals surface area contributed by atoms with Gasteiger partial charge < -0.3 is 4.74 Å². The highest BCUT2D eigenvalue weighted by atomic mass is 19.4. The van der Waals surface area contributed by atoms with Crippen molar-refractivity contribution >= 4 is 6.08 Å². The van der Waals surface area contributed by atoms with Crippen LogP contribution < -0.4 is 4.74 Å². The van der Waals surface area contributed by atoms with Crippen LogP contribution in [0.2, 0.25) is 0 Å². The summed E-state index contributed by atoms with van der Waals surface area (Å²) < 4.78 is 83.3. The van der Waals surface area contributed by atoms with Crippen molar-refractivity contribution in [1.82, 2.24) is 0 Å². The lowest BCUT2D eigenvalue weighted by Crippen LogP contribution is -2.18. The Balaban J connectivity index is 2.06. The van der Waals surface area contributed by atoms with E-state index < -0.39 is 29.6 Å².